The van der Waals surface area contributed by atoms with Crippen LogP contribution in [-0.2, 0) is 0 Å². The Morgan fingerprint density at radius 2 is 2.15 bits per heavy atom. The van der Waals surface area contributed by atoms with Crippen molar-refractivity contribution < 1.29 is 18.3 Å². The fraction of sp³-hybridized carbons (Fsp3) is 1.00. The monoisotopic (exact) mass is 197 g/mol. The van der Waals surface area contributed by atoms with Gasteiger partial charge in [0.2, 0.25) is 0 Å². The average Bonchev–Trinajstić information content (AvgIpc) is 2.48. The van der Waals surface area contributed by atoms with Crippen LogP contribution in [0.15, 0.2) is 0 Å². The Morgan fingerprint density at radius 3 is 2.62 bits per heavy atom. The van der Waals surface area contributed by atoms with Gasteiger partial charge in [-0.25, -0.2) is 0 Å². The van der Waals surface area contributed by atoms with E-state index in [0.717, 1.165) is 6.42 Å². The Labute approximate surface area is 75.3 Å². The first-order valence-corrected chi connectivity index (χ1v) is 4.45. The first-order valence-electron chi connectivity index (χ1n) is 4.45. The molecule has 13 heavy (non-hydrogen) atoms. The zero-order valence-corrected chi connectivity index (χ0v) is 7.51. The van der Waals surface area contributed by atoms with Gasteiger partial charge in [0, 0.05) is 6.04 Å². The SMILES string of the molecule is CCN1CCCC1C(O)C(F)(F)F. The molecule has 1 aliphatic rings. The van der Waals surface area contributed by atoms with E-state index in [2.05, 4.69) is 0 Å². The lowest BCUT2D eigenvalue weighted by atomic mass is 10.1. The van der Waals surface area contributed by atoms with E-state index in [1.165, 1.54) is 0 Å². The first-order chi connectivity index (χ1) is 5.96. The van der Waals surface area contributed by atoms with Gasteiger partial charge in [-0.2, -0.15) is 13.2 Å². The van der Waals surface area contributed by atoms with Gasteiger partial charge in [-0.3, -0.25) is 4.90 Å². The topological polar surface area (TPSA) is 23.5 Å². The minimum Gasteiger partial charge on any atom is -0.382 e. The number of alkyl halides is 3. The predicted octanol–water partition coefficient (Wildman–Crippen LogP) is 1.39. The molecule has 5 heteroatoms. The molecule has 0 aromatic heterocycles. The van der Waals surface area contributed by atoms with E-state index in [1.54, 1.807) is 11.8 Å². The van der Waals surface area contributed by atoms with Gasteiger partial charge in [-0.1, -0.05) is 6.92 Å². The number of hydrogen-bond acceptors (Lipinski definition) is 2. The molecule has 1 heterocycles. The summed E-state index contributed by atoms with van der Waals surface area (Å²) in [6.45, 7) is 3.04. The number of nitrogens with zero attached hydrogens (tertiary/aromatic N) is 1. The van der Waals surface area contributed by atoms with Crippen LogP contribution in [0.4, 0.5) is 13.2 Å². The maximum absolute atomic E-state index is 12.1. The van der Waals surface area contributed by atoms with E-state index in [-0.39, 0.29) is 0 Å². The molecule has 2 atom stereocenters. The molecule has 0 spiro atoms. The van der Waals surface area contributed by atoms with E-state index in [4.69, 9.17) is 5.11 Å². The fourth-order valence-electron chi connectivity index (χ4n) is 1.82. The van der Waals surface area contributed by atoms with Gasteiger partial charge < -0.3 is 5.11 Å². The third-order valence-corrected chi connectivity index (χ3v) is 2.52. The molecule has 2 unspecified atom stereocenters. The molecular formula is C8H14F3NO. The minimum atomic E-state index is -4.48. The van der Waals surface area contributed by atoms with E-state index < -0.39 is 18.3 Å². The second-order valence-corrected chi connectivity index (χ2v) is 3.32. The summed E-state index contributed by atoms with van der Waals surface area (Å²) < 4.78 is 36.4. The molecule has 0 bridgehead atoms. The first kappa shape index (κ1) is 10.8. The number of hydrogen-bond donors (Lipinski definition) is 1. The molecule has 78 valence electrons. The van der Waals surface area contributed by atoms with E-state index in [9.17, 15) is 13.2 Å². The number of likely N-dealkylation sites (tertiary alicyclic amines) is 1. The van der Waals surface area contributed by atoms with Crippen LogP contribution in [-0.4, -0.2) is 41.4 Å². The van der Waals surface area contributed by atoms with Gasteiger partial charge in [0.15, 0.2) is 6.10 Å². The molecule has 0 saturated carbocycles. The molecule has 1 rings (SSSR count). The predicted molar refractivity (Wildman–Crippen MR) is 42.3 cm³/mol. The highest BCUT2D eigenvalue weighted by Crippen LogP contribution is 2.30. The van der Waals surface area contributed by atoms with Gasteiger partial charge in [0.1, 0.15) is 0 Å². The fourth-order valence-corrected chi connectivity index (χ4v) is 1.82. The maximum atomic E-state index is 12.1. The van der Waals surface area contributed by atoms with E-state index in [0.29, 0.717) is 19.5 Å². The Hall–Kier alpha value is -0.290. The van der Waals surface area contributed by atoms with Crippen molar-refractivity contribution in [1.82, 2.24) is 4.90 Å². The van der Waals surface area contributed by atoms with Crippen molar-refractivity contribution in [3.05, 3.63) is 0 Å². The number of aliphatic hydroxyl groups is 1. The molecule has 1 fully saturated rings. The molecule has 0 aromatic carbocycles. The molecule has 1 saturated heterocycles. The van der Waals surface area contributed by atoms with Gasteiger partial charge in [0.05, 0.1) is 0 Å². The number of likely N-dealkylation sites (N-methyl/N-ethyl adjacent to an activating group) is 1. The van der Waals surface area contributed by atoms with Crippen LogP contribution in [0.25, 0.3) is 0 Å². The Bertz CT molecular complexity index is 171. The van der Waals surface area contributed by atoms with Crippen molar-refractivity contribution in [3.8, 4) is 0 Å². The van der Waals surface area contributed by atoms with Gasteiger partial charge in [-0.05, 0) is 25.9 Å². The van der Waals surface area contributed by atoms with Crippen molar-refractivity contribution in [2.45, 2.75) is 38.1 Å². The Balaban J connectivity index is 2.60. The number of halogens is 3. The summed E-state index contributed by atoms with van der Waals surface area (Å²) in [5, 5.41) is 9.02. The van der Waals surface area contributed by atoms with Crippen molar-refractivity contribution in [3.63, 3.8) is 0 Å². The molecule has 0 aromatic rings. The highest BCUT2D eigenvalue weighted by atomic mass is 19.4. The third-order valence-electron chi connectivity index (χ3n) is 2.52. The lowest BCUT2D eigenvalue weighted by molar-refractivity contribution is -0.218. The molecule has 2 nitrogen and oxygen atoms in total. The lowest BCUT2D eigenvalue weighted by Gasteiger charge is -2.28. The summed E-state index contributed by atoms with van der Waals surface area (Å²) in [5.41, 5.74) is 0. The summed E-state index contributed by atoms with van der Waals surface area (Å²) >= 11 is 0. The highest BCUT2D eigenvalue weighted by molar-refractivity contribution is 4.87. The van der Waals surface area contributed by atoms with Crippen molar-refractivity contribution in [2.75, 3.05) is 13.1 Å². The highest BCUT2D eigenvalue weighted by Gasteiger charge is 2.46. The average molecular weight is 197 g/mol. The molecule has 0 amide bonds. The van der Waals surface area contributed by atoms with Crippen LogP contribution in [0.2, 0.25) is 0 Å². The quantitative estimate of drug-likeness (QED) is 0.723. The van der Waals surface area contributed by atoms with Crippen LogP contribution in [0, 0.1) is 0 Å². The standard InChI is InChI=1S/C8H14F3NO/c1-2-12-5-3-4-6(12)7(13)8(9,10)11/h6-7,13H,2-5H2,1H3. The van der Waals surface area contributed by atoms with Gasteiger partial charge in [0.25, 0.3) is 0 Å². The molecule has 0 aliphatic carbocycles. The van der Waals surface area contributed by atoms with E-state index in [1.807, 2.05) is 0 Å². The van der Waals surface area contributed by atoms with Crippen molar-refractivity contribution >= 4 is 0 Å². The Kier molecular flexibility index (Phi) is 3.18. The summed E-state index contributed by atoms with van der Waals surface area (Å²) in [6, 6.07) is -0.731. The molecule has 1 aliphatic heterocycles. The smallest absolute Gasteiger partial charge is 0.382 e. The maximum Gasteiger partial charge on any atom is 0.415 e. The summed E-state index contributed by atoms with van der Waals surface area (Å²) in [5.74, 6) is 0. The zero-order valence-electron chi connectivity index (χ0n) is 7.51. The molecule has 1 N–H and O–H groups in total. The normalized spacial score (nSPS) is 27.9. The second kappa shape index (κ2) is 3.84. The van der Waals surface area contributed by atoms with Crippen molar-refractivity contribution in [2.24, 2.45) is 0 Å². The number of aliphatic hydroxyl groups excluding tert-OH is 1. The second-order valence-electron chi connectivity index (χ2n) is 3.32. The lowest BCUT2D eigenvalue weighted by Crippen LogP contribution is -2.46. The van der Waals surface area contributed by atoms with E-state index >= 15 is 0 Å². The summed E-state index contributed by atoms with van der Waals surface area (Å²) in [4.78, 5) is 1.68. The van der Waals surface area contributed by atoms with Gasteiger partial charge in [-0.15, -0.1) is 0 Å². The van der Waals surface area contributed by atoms with Crippen LogP contribution < -0.4 is 0 Å². The number of rotatable bonds is 2. The largest absolute Gasteiger partial charge is 0.415 e. The van der Waals surface area contributed by atoms with Crippen LogP contribution in [0.1, 0.15) is 19.8 Å². The summed E-state index contributed by atoms with van der Waals surface area (Å²) in [7, 11) is 0. The van der Waals surface area contributed by atoms with Crippen LogP contribution in [0.3, 0.4) is 0 Å². The van der Waals surface area contributed by atoms with Crippen LogP contribution >= 0.6 is 0 Å². The molecular weight excluding hydrogens is 183 g/mol. The van der Waals surface area contributed by atoms with Crippen LogP contribution in [0.5, 0.6) is 0 Å². The minimum absolute atomic E-state index is 0.439. The third kappa shape index (κ3) is 2.34. The zero-order chi connectivity index (χ0) is 10.1. The summed E-state index contributed by atoms with van der Waals surface area (Å²) in [6.07, 6.45) is -5.49. The Morgan fingerprint density at radius 1 is 1.54 bits per heavy atom. The van der Waals surface area contributed by atoms with Gasteiger partial charge >= 0.3 is 6.18 Å². The van der Waals surface area contributed by atoms with Crippen molar-refractivity contribution in [1.29, 1.82) is 0 Å². The molecule has 0 radical (unpaired) electrons.